The monoisotopic (exact) mass is 292 g/mol. The molecule has 0 unspecified atom stereocenters. The summed E-state index contributed by atoms with van der Waals surface area (Å²) in [7, 11) is 0. The lowest BCUT2D eigenvalue weighted by molar-refractivity contribution is -0.161. The Kier molecular flexibility index (Phi) is 7.60. The van der Waals surface area contributed by atoms with E-state index in [2.05, 4.69) is 0 Å². The Morgan fingerprint density at radius 1 is 1.16 bits per heavy atom. The van der Waals surface area contributed by atoms with E-state index in [0.717, 1.165) is 0 Å². The molecule has 0 spiro atoms. The third-order valence-electron chi connectivity index (χ3n) is 2.56. The molecule has 0 radical (unpaired) electrons. The number of hydrogen-bond acceptors (Lipinski definition) is 4. The van der Waals surface area contributed by atoms with Crippen LogP contribution < -0.4 is 0 Å². The van der Waals surface area contributed by atoms with E-state index < -0.39 is 11.0 Å². The zero-order valence-corrected chi connectivity index (χ0v) is 13.3. The number of rotatable bonds is 9. The highest BCUT2D eigenvalue weighted by Gasteiger charge is 2.33. The van der Waals surface area contributed by atoms with Gasteiger partial charge in [-0.05, 0) is 41.0 Å². The number of hydrogen-bond donors (Lipinski definition) is 0. The lowest BCUT2D eigenvalue weighted by Crippen LogP contribution is -2.37. The van der Waals surface area contributed by atoms with E-state index in [1.54, 1.807) is 13.8 Å². The van der Waals surface area contributed by atoms with Crippen LogP contribution in [0.25, 0.3) is 0 Å². The first-order valence-corrected chi connectivity index (χ1v) is 7.01. The zero-order chi connectivity index (χ0) is 15.1. The highest BCUT2D eigenvalue weighted by molar-refractivity contribution is 6.17. The summed E-state index contributed by atoms with van der Waals surface area (Å²) in [6.45, 7) is 9.26. The van der Waals surface area contributed by atoms with Gasteiger partial charge in [-0.15, -0.1) is 11.6 Å². The van der Waals surface area contributed by atoms with Crippen molar-refractivity contribution in [3.05, 3.63) is 0 Å². The molecule has 0 aromatic carbocycles. The van der Waals surface area contributed by atoms with Crippen molar-refractivity contribution >= 4 is 23.4 Å². The molecule has 0 amide bonds. The number of ketones is 1. The van der Waals surface area contributed by atoms with Gasteiger partial charge in [-0.1, -0.05) is 0 Å². The molecule has 0 aliphatic rings. The maximum atomic E-state index is 11.9. The first-order chi connectivity index (χ1) is 8.60. The smallest absolute Gasteiger partial charge is 0.313 e. The van der Waals surface area contributed by atoms with Crippen LogP contribution >= 0.6 is 11.6 Å². The van der Waals surface area contributed by atoms with Crippen molar-refractivity contribution < 1.29 is 19.1 Å². The van der Waals surface area contributed by atoms with Gasteiger partial charge in [0.15, 0.2) is 0 Å². The fourth-order valence-corrected chi connectivity index (χ4v) is 1.61. The van der Waals surface area contributed by atoms with Gasteiger partial charge in [0.25, 0.3) is 0 Å². The highest BCUT2D eigenvalue weighted by atomic mass is 35.5. The first kappa shape index (κ1) is 18.4. The third kappa shape index (κ3) is 8.22. The molecule has 0 heterocycles. The molecule has 0 aliphatic carbocycles. The van der Waals surface area contributed by atoms with Crippen molar-refractivity contribution in [3.8, 4) is 0 Å². The molecule has 0 saturated carbocycles. The summed E-state index contributed by atoms with van der Waals surface area (Å²) in [6.07, 6.45) is 0.963. The molecule has 0 saturated heterocycles. The number of carbonyl (C=O) groups excluding carboxylic acids is 2. The number of esters is 1. The Balaban J connectivity index is 4.28. The fraction of sp³-hybridized carbons (Fsp3) is 0.857. The normalized spacial score (nSPS) is 12.3. The van der Waals surface area contributed by atoms with Crippen LogP contribution in [0, 0.1) is 5.41 Å². The van der Waals surface area contributed by atoms with E-state index in [1.165, 1.54) is 6.92 Å². The molecule has 0 aromatic heterocycles. The quantitative estimate of drug-likeness (QED) is 0.372. The molecular formula is C14H25ClO4. The molecule has 0 atom stereocenters. The Labute approximate surface area is 120 Å². The minimum Gasteiger partial charge on any atom is -0.465 e. The zero-order valence-electron chi connectivity index (χ0n) is 12.5. The summed E-state index contributed by atoms with van der Waals surface area (Å²) in [5.74, 6) is 0.222. The van der Waals surface area contributed by atoms with Gasteiger partial charge < -0.3 is 9.47 Å². The predicted molar refractivity (Wildman–Crippen MR) is 75.4 cm³/mol. The summed E-state index contributed by atoms with van der Waals surface area (Å²) < 4.78 is 10.8. The summed E-state index contributed by atoms with van der Waals surface area (Å²) in [5, 5.41) is 0. The standard InChI is InChI=1S/C14H25ClO4/c1-11(16)9-14(4,5)19-10-13(2,3)12(17)18-8-6-7-15/h6-10H2,1-5H3. The van der Waals surface area contributed by atoms with Crippen LogP contribution in [0.4, 0.5) is 0 Å². The first-order valence-electron chi connectivity index (χ1n) is 6.47. The second-order valence-electron chi connectivity index (χ2n) is 5.99. The van der Waals surface area contributed by atoms with Gasteiger partial charge in [0.1, 0.15) is 5.78 Å². The molecule has 0 bridgehead atoms. The topological polar surface area (TPSA) is 52.6 Å². The fourth-order valence-electron chi connectivity index (χ4n) is 1.50. The predicted octanol–water partition coefficient (Wildman–Crippen LogP) is 2.96. The molecule has 0 aromatic rings. The van der Waals surface area contributed by atoms with Crippen molar-refractivity contribution in [2.75, 3.05) is 19.1 Å². The molecule has 0 fully saturated rings. The van der Waals surface area contributed by atoms with Crippen LogP contribution in [0.15, 0.2) is 0 Å². The van der Waals surface area contributed by atoms with E-state index >= 15 is 0 Å². The van der Waals surface area contributed by atoms with Gasteiger partial charge >= 0.3 is 5.97 Å². The Bertz CT molecular complexity index is 311. The number of carbonyl (C=O) groups is 2. The highest BCUT2D eigenvalue weighted by Crippen LogP contribution is 2.23. The van der Waals surface area contributed by atoms with Crippen molar-refractivity contribution in [2.24, 2.45) is 5.41 Å². The Morgan fingerprint density at radius 2 is 1.74 bits per heavy atom. The lowest BCUT2D eigenvalue weighted by Gasteiger charge is -2.30. The second kappa shape index (κ2) is 7.85. The van der Waals surface area contributed by atoms with Gasteiger partial charge in [-0.25, -0.2) is 0 Å². The van der Waals surface area contributed by atoms with Crippen LogP contribution in [0.2, 0.25) is 0 Å². The summed E-state index contributed by atoms with van der Waals surface area (Å²) in [4.78, 5) is 23.0. The van der Waals surface area contributed by atoms with E-state index in [4.69, 9.17) is 21.1 Å². The van der Waals surface area contributed by atoms with Crippen LogP contribution in [0.5, 0.6) is 0 Å². The number of alkyl halides is 1. The third-order valence-corrected chi connectivity index (χ3v) is 2.83. The summed E-state index contributed by atoms with van der Waals surface area (Å²) in [5.41, 5.74) is -1.31. The van der Waals surface area contributed by atoms with Crippen LogP contribution in [0.3, 0.4) is 0 Å². The molecular weight excluding hydrogens is 268 g/mol. The van der Waals surface area contributed by atoms with Crippen LogP contribution in [-0.4, -0.2) is 36.4 Å². The molecule has 0 aliphatic heterocycles. The minimum absolute atomic E-state index is 0.0625. The Hall–Kier alpha value is -0.610. The van der Waals surface area contributed by atoms with Crippen molar-refractivity contribution in [1.82, 2.24) is 0 Å². The number of ether oxygens (including phenoxy) is 2. The van der Waals surface area contributed by atoms with Crippen molar-refractivity contribution in [1.29, 1.82) is 0 Å². The summed E-state index contributed by atoms with van der Waals surface area (Å²) >= 11 is 5.52. The van der Waals surface area contributed by atoms with Gasteiger partial charge in [-0.2, -0.15) is 0 Å². The maximum Gasteiger partial charge on any atom is 0.313 e. The van der Waals surface area contributed by atoms with Crippen molar-refractivity contribution in [3.63, 3.8) is 0 Å². The van der Waals surface area contributed by atoms with Crippen molar-refractivity contribution in [2.45, 2.75) is 53.1 Å². The number of halogens is 1. The molecule has 5 heteroatoms. The summed E-state index contributed by atoms with van der Waals surface area (Å²) in [6, 6.07) is 0. The maximum absolute atomic E-state index is 11.9. The van der Waals surface area contributed by atoms with Gasteiger partial charge in [0.05, 0.1) is 24.2 Å². The second-order valence-corrected chi connectivity index (χ2v) is 6.37. The van der Waals surface area contributed by atoms with E-state index in [9.17, 15) is 9.59 Å². The molecule has 0 rings (SSSR count). The van der Waals surface area contributed by atoms with Gasteiger partial charge in [-0.3, -0.25) is 9.59 Å². The van der Waals surface area contributed by atoms with Crippen LogP contribution in [-0.2, 0) is 19.1 Å². The SMILES string of the molecule is CC(=O)CC(C)(C)OCC(C)(C)C(=O)OCCCCl. The average Bonchev–Trinajstić information content (AvgIpc) is 2.25. The molecule has 4 nitrogen and oxygen atoms in total. The molecule has 19 heavy (non-hydrogen) atoms. The van der Waals surface area contributed by atoms with Crippen LogP contribution in [0.1, 0.15) is 47.5 Å². The van der Waals surface area contributed by atoms with E-state index in [-0.39, 0.29) is 18.4 Å². The van der Waals surface area contributed by atoms with Gasteiger partial charge in [0.2, 0.25) is 0 Å². The van der Waals surface area contributed by atoms with Gasteiger partial charge in [0, 0.05) is 12.3 Å². The van der Waals surface area contributed by atoms with E-state index in [0.29, 0.717) is 25.3 Å². The molecule has 112 valence electrons. The Morgan fingerprint density at radius 3 is 2.21 bits per heavy atom. The lowest BCUT2D eigenvalue weighted by atomic mass is 9.94. The average molecular weight is 293 g/mol. The minimum atomic E-state index is -0.736. The largest absolute Gasteiger partial charge is 0.465 e. The molecule has 0 N–H and O–H groups in total. The van der Waals surface area contributed by atoms with E-state index in [1.807, 2.05) is 13.8 Å². The number of Topliss-reactive ketones (excluding diaryl/α,β-unsaturated/α-hetero) is 1.